The molecule has 94 valence electrons. The molecule has 18 heavy (non-hydrogen) atoms. The Hall–Kier alpha value is -1.88. The van der Waals surface area contributed by atoms with Gasteiger partial charge in [-0.15, -0.1) is 11.3 Å². The highest BCUT2D eigenvalue weighted by Crippen LogP contribution is 2.23. The monoisotopic (exact) mass is 262 g/mol. The van der Waals surface area contributed by atoms with Crippen molar-refractivity contribution < 1.29 is 9.90 Å². The van der Waals surface area contributed by atoms with Crippen LogP contribution in [0.4, 0.5) is 10.8 Å². The van der Waals surface area contributed by atoms with Crippen molar-refractivity contribution in [2.24, 2.45) is 0 Å². The number of nitrogens with one attached hydrogen (secondary N) is 1. The molecule has 0 aliphatic rings. The van der Waals surface area contributed by atoms with E-state index in [2.05, 4.69) is 10.3 Å². The second-order valence-electron chi connectivity index (χ2n) is 4.10. The third kappa shape index (κ3) is 2.87. The lowest BCUT2D eigenvalue weighted by molar-refractivity contribution is -0.138. The third-order valence-electron chi connectivity index (χ3n) is 2.65. The van der Waals surface area contributed by atoms with Gasteiger partial charge in [-0.1, -0.05) is 12.1 Å². The summed E-state index contributed by atoms with van der Waals surface area (Å²) in [7, 11) is 0. The molecular weight excluding hydrogens is 248 g/mol. The average molecular weight is 262 g/mol. The maximum absolute atomic E-state index is 10.9. The molecule has 0 bridgehead atoms. The highest BCUT2D eigenvalue weighted by molar-refractivity contribution is 7.13. The van der Waals surface area contributed by atoms with E-state index in [1.165, 1.54) is 0 Å². The van der Waals surface area contributed by atoms with Gasteiger partial charge in [0, 0.05) is 11.1 Å². The summed E-state index contributed by atoms with van der Waals surface area (Å²) < 4.78 is 0. The molecule has 0 saturated carbocycles. The van der Waals surface area contributed by atoms with E-state index < -0.39 is 11.9 Å². The lowest BCUT2D eigenvalue weighted by Gasteiger charge is -2.08. The van der Waals surface area contributed by atoms with Crippen LogP contribution in [-0.2, 0) is 4.79 Å². The first kappa shape index (κ1) is 12.6. The Kier molecular flexibility index (Phi) is 3.62. The number of anilines is 2. The molecule has 2 rings (SSSR count). The van der Waals surface area contributed by atoms with Crippen LogP contribution in [0.25, 0.3) is 0 Å². The zero-order valence-electron chi connectivity index (χ0n) is 10.2. The number of hydrogen-bond acceptors (Lipinski definition) is 4. The number of benzene rings is 1. The number of hydrogen-bond donors (Lipinski definition) is 2. The van der Waals surface area contributed by atoms with Gasteiger partial charge in [-0.25, -0.2) is 4.98 Å². The molecular formula is C13H14N2O2S. The van der Waals surface area contributed by atoms with Gasteiger partial charge >= 0.3 is 5.97 Å². The summed E-state index contributed by atoms with van der Waals surface area (Å²) in [6, 6.07) is 7.38. The fourth-order valence-electron chi connectivity index (χ4n) is 1.53. The van der Waals surface area contributed by atoms with Gasteiger partial charge < -0.3 is 10.4 Å². The van der Waals surface area contributed by atoms with Crippen LogP contribution in [0, 0.1) is 6.92 Å². The number of aliphatic carboxylic acids is 1. The van der Waals surface area contributed by atoms with Crippen LogP contribution in [0.3, 0.4) is 0 Å². The van der Waals surface area contributed by atoms with Crippen LogP contribution >= 0.6 is 11.3 Å². The van der Waals surface area contributed by atoms with Gasteiger partial charge in [-0.05, 0) is 31.5 Å². The fourth-order valence-corrected chi connectivity index (χ4v) is 2.24. The second kappa shape index (κ2) is 5.18. The standard InChI is InChI=1S/C13H14N2O2S/c1-8-7-18-13(14-8)15-11-5-3-10(4-6-11)9(2)12(16)17/h3-7,9H,1-2H3,(H,14,15)(H,16,17)/t9-/m1/s1. The van der Waals surface area contributed by atoms with Crippen molar-refractivity contribution in [3.63, 3.8) is 0 Å². The fraction of sp³-hybridized carbons (Fsp3) is 0.231. The highest BCUT2D eigenvalue weighted by Gasteiger charge is 2.12. The highest BCUT2D eigenvalue weighted by atomic mass is 32.1. The van der Waals surface area contributed by atoms with E-state index in [-0.39, 0.29) is 0 Å². The number of nitrogens with zero attached hydrogens (tertiary/aromatic N) is 1. The van der Waals surface area contributed by atoms with E-state index in [1.54, 1.807) is 18.3 Å². The lowest BCUT2D eigenvalue weighted by Crippen LogP contribution is -2.07. The van der Waals surface area contributed by atoms with Gasteiger partial charge in [0.25, 0.3) is 0 Å². The van der Waals surface area contributed by atoms with Gasteiger partial charge in [0.05, 0.1) is 11.6 Å². The van der Waals surface area contributed by atoms with Crippen molar-refractivity contribution in [1.82, 2.24) is 4.98 Å². The van der Waals surface area contributed by atoms with Crippen molar-refractivity contribution in [3.8, 4) is 0 Å². The van der Waals surface area contributed by atoms with E-state index in [0.717, 1.165) is 22.1 Å². The summed E-state index contributed by atoms with van der Waals surface area (Å²) in [5.41, 5.74) is 2.69. The average Bonchev–Trinajstić information content (AvgIpc) is 2.75. The summed E-state index contributed by atoms with van der Waals surface area (Å²) in [6.07, 6.45) is 0. The Bertz CT molecular complexity index is 548. The Labute approximate surface area is 109 Å². The first-order valence-corrected chi connectivity index (χ1v) is 6.46. The van der Waals surface area contributed by atoms with Gasteiger partial charge in [-0.2, -0.15) is 0 Å². The number of carboxylic acids is 1. The Morgan fingerprint density at radius 2 is 2.06 bits per heavy atom. The zero-order valence-corrected chi connectivity index (χ0v) is 11.0. The Morgan fingerprint density at radius 1 is 1.39 bits per heavy atom. The second-order valence-corrected chi connectivity index (χ2v) is 4.96. The summed E-state index contributed by atoms with van der Waals surface area (Å²) in [6.45, 7) is 3.62. The molecule has 4 nitrogen and oxygen atoms in total. The number of aromatic nitrogens is 1. The number of carboxylic acid groups (broad SMARTS) is 1. The summed E-state index contributed by atoms with van der Waals surface area (Å²) in [5.74, 6) is -1.30. The molecule has 0 fully saturated rings. The van der Waals surface area contributed by atoms with Gasteiger partial charge in [0.15, 0.2) is 5.13 Å². The number of rotatable bonds is 4. The molecule has 2 aromatic rings. The minimum absolute atomic E-state index is 0.485. The molecule has 1 aromatic carbocycles. The molecule has 1 heterocycles. The quantitative estimate of drug-likeness (QED) is 0.886. The van der Waals surface area contributed by atoms with Crippen LogP contribution < -0.4 is 5.32 Å². The van der Waals surface area contributed by atoms with E-state index in [0.29, 0.717) is 0 Å². The minimum Gasteiger partial charge on any atom is -0.481 e. The SMILES string of the molecule is Cc1csc(Nc2ccc([C@@H](C)C(=O)O)cc2)n1. The van der Waals surface area contributed by atoms with Gasteiger partial charge in [0.2, 0.25) is 0 Å². The largest absolute Gasteiger partial charge is 0.481 e. The summed E-state index contributed by atoms with van der Waals surface area (Å²) in [5, 5.41) is 14.9. The number of thiazole rings is 1. The van der Waals surface area contributed by atoms with E-state index >= 15 is 0 Å². The molecule has 1 aromatic heterocycles. The summed E-state index contributed by atoms with van der Waals surface area (Å²) >= 11 is 1.54. The first-order chi connectivity index (χ1) is 8.56. The van der Waals surface area contributed by atoms with E-state index in [1.807, 2.05) is 36.6 Å². The van der Waals surface area contributed by atoms with Crippen LogP contribution in [0.2, 0.25) is 0 Å². The smallest absolute Gasteiger partial charge is 0.310 e. The zero-order chi connectivity index (χ0) is 13.1. The van der Waals surface area contributed by atoms with Crippen molar-refractivity contribution in [1.29, 1.82) is 0 Å². The van der Waals surface area contributed by atoms with Crippen LogP contribution in [0.1, 0.15) is 24.1 Å². The molecule has 0 aliphatic carbocycles. The topological polar surface area (TPSA) is 62.2 Å². The van der Waals surface area contributed by atoms with Crippen molar-refractivity contribution in [2.45, 2.75) is 19.8 Å². The maximum Gasteiger partial charge on any atom is 0.310 e. The Morgan fingerprint density at radius 3 is 2.56 bits per heavy atom. The van der Waals surface area contributed by atoms with E-state index in [4.69, 9.17) is 5.11 Å². The number of carbonyl (C=O) groups is 1. The summed E-state index contributed by atoms with van der Waals surface area (Å²) in [4.78, 5) is 15.2. The molecule has 0 radical (unpaired) electrons. The van der Waals surface area contributed by atoms with Crippen molar-refractivity contribution >= 4 is 28.1 Å². The third-order valence-corrected chi connectivity index (χ3v) is 3.53. The van der Waals surface area contributed by atoms with Crippen molar-refractivity contribution in [2.75, 3.05) is 5.32 Å². The molecule has 2 N–H and O–H groups in total. The molecule has 5 heteroatoms. The molecule has 0 aliphatic heterocycles. The molecule has 0 unspecified atom stereocenters. The predicted molar refractivity (Wildman–Crippen MR) is 72.6 cm³/mol. The Balaban J connectivity index is 2.10. The van der Waals surface area contributed by atoms with Crippen LogP contribution in [0.5, 0.6) is 0 Å². The molecule has 0 spiro atoms. The minimum atomic E-state index is -0.814. The normalized spacial score (nSPS) is 12.1. The maximum atomic E-state index is 10.9. The predicted octanol–water partition coefficient (Wildman–Crippen LogP) is 3.38. The number of aryl methyl sites for hydroxylation is 1. The lowest BCUT2D eigenvalue weighted by atomic mass is 10.0. The van der Waals surface area contributed by atoms with Gasteiger partial charge in [-0.3, -0.25) is 4.79 Å². The first-order valence-electron chi connectivity index (χ1n) is 5.58. The van der Waals surface area contributed by atoms with Crippen LogP contribution in [-0.4, -0.2) is 16.1 Å². The van der Waals surface area contributed by atoms with Crippen molar-refractivity contribution in [3.05, 3.63) is 40.9 Å². The van der Waals surface area contributed by atoms with E-state index in [9.17, 15) is 4.79 Å². The van der Waals surface area contributed by atoms with Crippen LogP contribution in [0.15, 0.2) is 29.6 Å². The van der Waals surface area contributed by atoms with Gasteiger partial charge in [0.1, 0.15) is 0 Å². The molecule has 0 saturated heterocycles. The molecule has 0 amide bonds. The molecule has 1 atom stereocenters.